The van der Waals surface area contributed by atoms with Gasteiger partial charge in [0.1, 0.15) is 5.52 Å². The first-order chi connectivity index (χ1) is 8.63. The van der Waals surface area contributed by atoms with Crippen molar-refractivity contribution in [1.82, 2.24) is 15.0 Å². The first kappa shape index (κ1) is 11.1. The number of nitrogens with zero attached hydrogens (tertiary/aromatic N) is 2. The minimum Gasteiger partial charge on any atom is -0.303 e. The second kappa shape index (κ2) is 4.03. The number of H-pyrrole nitrogens is 1. The van der Waals surface area contributed by atoms with Crippen molar-refractivity contribution in [2.24, 2.45) is 0 Å². The molecule has 90 valence electrons. The van der Waals surface area contributed by atoms with Crippen LogP contribution in [0.4, 0.5) is 0 Å². The number of nitrogens with one attached hydrogen (secondary N) is 1. The molecule has 0 radical (unpaired) electrons. The van der Waals surface area contributed by atoms with Gasteiger partial charge in [0, 0.05) is 5.56 Å². The summed E-state index contributed by atoms with van der Waals surface area (Å²) < 4.78 is 0. The lowest BCUT2D eigenvalue weighted by Gasteiger charge is -2.02. The topological polar surface area (TPSA) is 58.6 Å². The monoisotopic (exact) mass is 257 g/mol. The van der Waals surface area contributed by atoms with Gasteiger partial charge in [0.05, 0.1) is 10.7 Å². The highest BCUT2D eigenvalue weighted by atomic mass is 32.1. The number of benzene rings is 1. The lowest BCUT2D eigenvalue weighted by atomic mass is 10.1. The van der Waals surface area contributed by atoms with Crippen molar-refractivity contribution >= 4 is 21.7 Å². The lowest BCUT2D eigenvalue weighted by Crippen LogP contribution is -2.10. The van der Waals surface area contributed by atoms with Crippen LogP contribution >= 0.6 is 11.3 Å². The Balaban J connectivity index is 2.33. The van der Waals surface area contributed by atoms with E-state index in [1.54, 1.807) is 0 Å². The van der Waals surface area contributed by atoms with E-state index in [2.05, 4.69) is 15.0 Å². The third-order valence-corrected chi connectivity index (χ3v) is 3.59. The highest BCUT2D eigenvalue weighted by Gasteiger charge is 2.11. The summed E-state index contributed by atoms with van der Waals surface area (Å²) in [5.41, 5.74) is 3.31. The molecule has 0 aliphatic carbocycles. The maximum absolute atomic E-state index is 11.6. The van der Waals surface area contributed by atoms with Gasteiger partial charge in [0.15, 0.2) is 4.83 Å². The summed E-state index contributed by atoms with van der Waals surface area (Å²) in [7, 11) is 0. The summed E-state index contributed by atoms with van der Waals surface area (Å²) in [5.74, 6) is 0. The Morgan fingerprint density at radius 1 is 1.11 bits per heavy atom. The van der Waals surface area contributed by atoms with Gasteiger partial charge in [-0.3, -0.25) is 0 Å². The van der Waals surface area contributed by atoms with Gasteiger partial charge in [0.2, 0.25) is 0 Å². The van der Waals surface area contributed by atoms with Gasteiger partial charge in [-0.05, 0) is 13.8 Å². The second-order valence-corrected chi connectivity index (χ2v) is 5.35. The third-order valence-electron chi connectivity index (χ3n) is 2.73. The van der Waals surface area contributed by atoms with Crippen molar-refractivity contribution in [2.45, 2.75) is 13.8 Å². The van der Waals surface area contributed by atoms with E-state index in [4.69, 9.17) is 0 Å². The van der Waals surface area contributed by atoms with Crippen LogP contribution in [-0.4, -0.2) is 15.0 Å². The van der Waals surface area contributed by atoms with E-state index in [1.807, 2.05) is 38.1 Å². The molecule has 4 nitrogen and oxygen atoms in total. The molecular formula is C13H11N3OS. The molecule has 0 aliphatic heterocycles. The van der Waals surface area contributed by atoms with Crippen LogP contribution in [0.25, 0.3) is 21.6 Å². The summed E-state index contributed by atoms with van der Waals surface area (Å²) in [6.45, 7) is 3.94. The molecule has 1 N–H and O–H groups in total. The summed E-state index contributed by atoms with van der Waals surface area (Å²) >= 11 is 1.44. The molecule has 2 heterocycles. The number of fused-ring (bicyclic) bond motifs is 1. The molecule has 1 aromatic carbocycles. The molecule has 3 aromatic rings. The molecule has 3 rings (SSSR count). The van der Waals surface area contributed by atoms with E-state index in [-0.39, 0.29) is 5.69 Å². The average Bonchev–Trinajstić information content (AvgIpc) is 2.69. The predicted molar refractivity (Wildman–Crippen MR) is 72.9 cm³/mol. The lowest BCUT2D eigenvalue weighted by molar-refractivity contribution is 1.12. The Hall–Kier alpha value is -2.01. The molecule has 0 fully saturated rings. The molecule has 0 bridgehead atoms. The van der Waals surface area contributed by atoms with E-state index < -0.39 is 0 Å². The van der Waals surface area contributed by atoms with Gasteiger partial charge in [-0.25, -0.2) is 9.78 Å². The number of thiazole rings is 1. The van der Waals surface area contributed by atoms with Crippen molar-refractivity contribution < 1.29 is 0 Å². The maximum Gasteiger partial charge on any atom is 0.346 e. The van der Waals surface area contributed by atoms with Crippen LogP contribution in [0.5, 0.6) is 0 Å². The van der Waals surface area contributed by atoms with Gasteiger partial charge in [-0.1, -0.05) is 41.2 Å². The van der Waals surface area contributed by atoms with Crippen LogP contribution in [0.2, 0.25) is 0 Å². The van der Waals surface area contributed by atoms with Crippen LogP contribution in [0, 0.1) is 13.8 Å². The van der Waals surface area contributed by atoms with Crippen LogP contribution < -0.4 is 5.69 Å². The molecule has 0 spiro atoms. The number of hydrogen-bond donors (Lipinski definition) is 1. The van der Waals surface area contributed by atoms with Crippen molar-refractivity contribution in [3.05, 3.63) is 45.3 Å². The minimum atomic E-state index is -0.332. The SMILES string of the molecule is Cc1ccc(-c2[nH]c(=O)nc3sc(C)nc23)cc1. The van der Waals surface area contributed by atoms with Gasteiger partial charge in [-0.15, -0.1) is 0 Å². The van der Waals surface area contributed by atoms with Crippen LogP contribution in [-0.2, 0) is 0 Å². The van der Waals surface area contributed by atoms with Crippen LogP contribution in [0.3, 0.4) is 0 Å². The Labute approximate surface area is 107 Å². The number of rotatable bonds is 1. The molecule has 2 aromatic heterocycles. The zero-order chi connectivity index (χ0) is 12.7. The molecule has 0 saturated heterocycles. The molecule has 18 heavy (non-hydrogen) atoms. The maximum atomic E-state index is 11.6. The second-order valence-electron chi connectivity index (χ2n) is 4.17. The molecule has 0 aliphatic rings. The first-order valence-corrected chi connectivity index (χ1v) is 6.39. The largest absolute Gasteiger partial charge is 0.346 e. The first-order valence-electron chi connectivity index (χ1n) is 5.58. The molecule has 0 amide bonds. The van der Waals surface area contributed by atoms with E-state index in [0.29, 0.717) is 4.83 Å². The van der Waals surface area contributed by atoms with Gasteiger partial charge >= 0.3 is 5.69 Å². The van der Waals surface area contributed by atoms with E-state index in [9.17, 15) is 4.79 Å². The summed E-state index contributed by atoms with van der Waals surface area (Å²) in [5, 5.41) is 0.907. The fourth-order valence-corrected chi connectivity index (χ4v) is 2.66. The van der Waals surface area contributed by atoms with Crippen molar-refractivity contribution in [3.63, 3.8) is 0 Å². The summed E-state index contributed by atoms with van der Waals surface area (Å²) in [4.78, 5) is 23.4. The van der Waals surface area contributed by atoms with Crippen molar-refractivity contribution in [1.29, 1.82) is 0 Å². The number of aromatic amines is 1. The molecular weight excluding hydrogens is 246 g/mol. The smallest absolute Gasteiger partial charge is 0.303 e. The van der Waals surface area contributed by atoms with Crippen LogP contribution in [0.1, 0.15) is 10.6 Å². The standard InChI is InChI=1S/C13H11N3OS/c1-7-3-5-9(6-4-7)10-11-12(16-13(17)15-10)18-8(2)14-11/h3-6H,1-2H3,(H,15,16,17). The van der Waals surface area contributed by atoms with Gasteiger partial charge in [0.25, 0.3) is 0 Å². The number of hydrogen-bond acceptors (Lipinski definition) is 4. The van der Waals surface area contributed by atoms with Gasteiger partial charge < -0.3 is 4.98 Å². The van der Waals surface area contributed by atoms with E-state index in [1.165, 1.54) is 16.9 Å². The minimum absolute atomic E-state index is 0.332. The highest BCUT2D eigenvalue weighted by molar-refractivity contribution is 7.18. The number of aryl methyl sites for hydroxylation is 2. The zero-order valence-corrected chi connectivity index (χ0v) is 10.8. The van der Waals surface area contributed by atoms with E-state index >= 15 is 0 Å². The van der Waals surface area contributed by atoms with Crippen molar-refractivity contribution in [2.75, 3.05) is 0 Å². The summed E-state index contributed by atoms with van der Waals surface area (Å²) in [6, 6.07) is 7.99. The Morgan fingerprint density at radius 3 is 2.56 bits per heavy atom. The fraction of sp³-hybridized carbons (Fsp3) is 0.154. The van der Waals surface area contributed by atoms with Crippen LogP contribution in [0.15, 0.2) is 29.1 Å². The van der Waals surface area contributed by atoms with Gasteiger partial charge in [-0.2, -0.15) is 4.98 Å². The van der Waals surface area contributed by atoms with E-state index in [0.717, 1.165) is 21.8 Å². The third kappa shape index (κ3) is 1.82. The zero-order valence-electron chi connectivity index (χ0n) is 10.0. The molecule has 0 unspecified atom stereocenters. The predicted octanol–water partition coefficient (Wildman–Crippen LogP) is 2.66. The fourth-order valence-electron chi connectivity index (χ4n) is 1.87. The van der Waals surface area contributed by atoms with Crippen molar-refractivity contribution in [3.8, 4) is 11.3 Å². The Kier molecular flexibility index (Phi) is 2.48. The Morgan fingerprint density at radius 2 is 1.83 bits per heavy atom. The number of aromatic nitrogens is 3. The summed E-state index contributed by atoms with van der Waals surface area (Å²) in [6.07, 6.45) is 0. The quantitative estimate of drug-likeness (QED) is 0.729. The molecule has 5 heteroatoms. The highest BCUT2D eigenvalue weighted by Crippen LogP contribution is 2.27. The average molecular weight is 257 g/mol. The molecule has 0 saturated carbocycles. The normalized spacial score (nSPS) is 11.0. The molecule has 0 atom stereocenters. The Bertz CT molecular complexity index is 771.